The molecule has 3 rings (SSSR count). The Kier molecular flexibility index (Phi) is 2.21. The first-order valence-electron chi connectivity index (χ1n) is 5.84. The molecule has 1 N–H and O–H groups in total. The molecular formula is C13H16N2O. The number of nitrogens with one attached hydrogen (secondary N) is 1. The van der Waals surface area contributed by atoms with Gasteiger partial charge >= 0.3 is 0 Å². The summed E-state index contributed by atoms with van der Waals surface area (Å²) < 4.78 is 5.83. The molecule has 0 radical (unpaired) electrons. The summed E-state index contributed by atoms with van der Waals surface area (Å²) in [5, 5.41) is 3.44. The van der Waals surface area contributed by atoms with Gasteiger partial charge in [-0.3, -0.25) is 0 Å². The molecule has 1 fully saturated rings. The predicted molar refractivity (Wildman–Crippen MR) is 63.3 cm³/mol. The van der Waals surface area contributed by atoms with E-state index in [0.29, 0.717) is 5.92 Å². The molecule has 1 saturated heterocycles. The standard InChI is InChI=1S/C13H16N2O/c1-8-3-4-10-11(7-8)16-13(15-10)12-9(2)5-6-14-12/h3-4,7,9,12,14H,5-6H2,1-2H3. The molecule has 0 amide bonds. The molecule has 0 spiro atoms. The fourth-order valence-corrected chi connectivity index (χ4v) is 2.35. The Labute approximate surface area is 94.9 Å². The summed E-state index contributed by atoms with van der Waals surface area (Å²) in [4.78, 5) is 4.56. The maximum Gasteiger partial charge on any atom is 0.212 e. The summed E-state index contributed by atoms with van der Waals surface area (Å²) in [7, 11) is 0. The molecule has 0 bridgehead atoms. The van der Waals surface area contributed by atoms with Gasteiger partial charge in [-0.25, -0.2) is 4.98 Å². The van der Waals surface area contributed by atoms with E-state index in [0.717, 1.165) is 23.5 Å². The van der Waals surface area contributed by atoms with Crippen molar-refractivity contribution >= 4 is 11.1 Å². The van der Waals surface area contributed by atoms with Crippen molar-refractivity contribution < 1.29 is 4.42 Å². The van der Waals surface area contributed by atoms with Crippen LogP contribution in [0.1, 0.15) is 30.8 Å². The second kappa shape index (κ2) is 3.59. The zero-order valence-corrected chi connectivity index (χ0v) is 9.66. The second-order valence-electron chi connectivity index (χ2n) is 4.72. The Morgan fingerprint density at radius 1 is 1.44 bits per heavy atom. The van der Waals surface area contributed by atoms with Gasteiger partial charge < -0.3 is 9.73 Å². The smallest absolute Gasteiger partial charge is 0.212 e. The maximum absolute atomic E-state index is 5.83. The van der Waals surface area contributed by atoms with E-state index in [9.17, 15) is 0 Å². The van der Waals surface area contributed by atoms with Crippen LogP contribution in [0, 0.1) is 12.8 Å². The number of hydrogen-bond acceptors (Lipinski definition) is 3. The van der Waals surface area contributed by atoms with Crippen LogP contribution in [0.3, 0.4) is 0 Å². The molecule has 2 aromatic rings. The number of aromatic nitrogens is 1. The van der Waals surface area contributed by atoms with Crippen molar-refractivity contribution in [3.63, 3.8) is 0 Å². The van der Waals surface area contributed by atoms with Crippen molar-refractivity contribution in [1.29, 1.82) is 0 Å². The molecule has 3 nitrogen and oxygen atoms in total. The van der Waals surface area contributed by atoms with Crippen LogP contribution in [0.2, 0.25) is 0 Å². The van der Waals surface area contributed by atoms with Gasteiger partial charge in [0, 0.05) is 0 Å². The minimum atomic E-state index is 0.285. The average molecular weight is 216 g/mol. The first-order chi connectivity index (χ1) is 7.74. The molecule has 1 aliphatic rings. The van der Waals surface area contributed by atoms with E-state index in [1.165, 1.54) is 12.0 Å². The van der Waals surface area contributed by atoms with E-state index < -0.39 is 0 Å². The van der Waals surface area contributed by atoms with Crippen LogP contribution in [0.25, 0.3) is 11.1 Å². The molecule has 16 heavy (non-hydrogen) atoms. The number of hydrogen-bond donors (Lipinski definition) is 1. The van der Waals surface area contributed by atoms with E-state index in [2.05, 4.69) is 30.2 Å². The van der Waals surface area contributed by atoms with Gasteiger partial charge in [-0.1, -0.05) is 13.0 Å². The quantitative estimate of drug-likeness (QED) is 0.796. The number of rotatable bonds is 1. The monoisotopic (exact) mass is 216 g/mol. The fraction of sp³-hybridized carbons (Fsp3) is 0.462. The van der Waals surface area contributed by atoms with Crippen molar-refractivity contribution in [2.24, 2.45) is 5.92 Å². The van der Waals surface area contributed by atoms with Gasteiger partial charge in [0.15, 0.2) is 5.58 Å². The zero-order valence-electron chi connectivity index (χ0n) is 9.66. The first-order valence-corrected chi connectivity index (χ1v) is 5.84. The highest BCUT2D eigenvalue weighted by Gasteiger charge is 2.28. The van der Waals surface area contributed by atoms with Crippen molar-refractivity contribution in [2.75, 3.05) is 6.54 Å². The second-order valence-corrected chi connectivity index (χ2v) is 4.72. The summed E-state index contributed by atoms with van der Waals surface area (Å²) in [5.41, 5.74) is 3.07. The highest BCUT2D eigenvalue weighted by Crippen LogP contribution is 2.30. The van der Waals surface area contributed by atoms with Gasteiger partial charge in [-0.15, -0.1) is 0 Å². The van der Waals surface area contributed by atoms with Gasteiger partial charge in [-0.2, -0.15) is 0 Å². The summed E-state index contributed by atoms with van der Waals surface area (Å²) in [6.45, 7) is 5.37. The molecule has 1 aromatic carbocycles. The lowest BCUT2D eigenvalue weighted by Gasteiger charge is -2.10. The first kappa shape index (κ1) is 9.85. The molecule has 2 heterocycles. The number of aryl methyl sites for hydroxylation is 1. The Hall–Kier alpha value is -1.35. The molecule has 1 aromatic heterocycles. The summed E-state index contributed by atoms with van der Waals surface area (Å²) in [5.74, 6) is 1.44. The van der Waals surface area contributed by atoms with Crippen LogP contribution in [-0.2, 0) is 0 Å². The molecule has 3 heteroatoms. The maximum atomic E-state index is 5.83. The van der Waals surface area contributed by atoms with E-state index in [1.807, 2.05) is 12.1 Å². The highest BCUT2D eigenvalue weighted by atomic mass is 16.3. The number of oxazole rings is 1. The van der Waals surface area contributed by atoms with Crippen LogP contribution in [0.15, 0.2) is 22.6 Å². The molecular weight excluding hydrogens is 200 g/mol. The van der Waals surface area contributed by atoms with Gasteiger partial charge in [0.25, 0.3) is 0 Å². The van der Waals surface area contributed by atoms with Crippen molar-refractivity contribution in [3.8, 4) is 0 Å². The van der Waals surface area contributed by atoms with Gasteiger partial charge in [0.1, 0.15) is 5.52 Å². The van der Waals surface area contributed by atoms with E-state index in [-0.39, 0.29) is 6.04 Å². The van der Waals surface area contributed by atoms with Crippen LogP contribution >= 0.6 is 0 Å². The van der Waals surface area contributed by atoms with Gasteiger partial charge in [0.05, 0.1) is 6.04 Å². The summed E-state index contributed by atoms with van der Waals surface area (Å²) in [6.07, 6.45) is 1.20. The average Bonchev–Trinajstić information content (AvgIpc) is 2.82. The number of fused-ring (bicyclic) bond motifs is 1. The number of benzene rings is 1. The van der Waals surface area contributed by atoms with Crippen molar-refractivity contribution in [1.82, 2.24) is 10.3 Å². The van der Waals surface area contributed by atoms with E-state index >= 15 is 0 Å². The third kappa shape index (κ3) is 1.52. The molecule has 0 aliphatic carbocycles. The van der Waals surface area contributed by atoms with E-state index in [1.54, 1.807) is 0 Å². The molecule has 2 atom stereocenters. The lowest BCUT2D eigenvalue weighted by Crippen LogP contribution is -2.16. The SMILES string of the molecule is Cc1ccc2nc(C3NCCC3C)oc2c1. The lowest BCUT2D eigenvalue weighted by atomic mass is 10.0. The van der Waals surface area contributed by atoms with Crippen molar-refractivity contribution in [2.45, 2.75) is 26.3 Å². The Morgan fingerprint density at radius 2 is 2.31 bits per heavy atom. The lowest BCUT2D eigenvalue weighted by molar-refractivity contribution is 0.394. The number of nitrogens with zero attached hydrogens (tertiary/aromatic N) is 1. The largest absolute Gasteiger partial charge is 0.439 e. The highest BCUT2D eigenvalue weighted by molar-refractivity contribution is 5.73. The van der Waals surface area contributed by atoms with Crippen LogP contribution < -0.4 is 5.32 Å². The fourth-order valence-electron chi connectivity index (χ4n) is 2.35. The van der Waals surface area contributed by atoms with E-state index in [4.69, 9.17) is 4.42 Å². The van der Waals surface area contributed by atoms with Crippen molar-refractivity contribution in [3.05, 3.63) is 29.7 Å². The third-order valence-electron chi connectivity index (χ3n) is 3.36. The summed E-state index contributed by atoms with van der Waals surface area (Å²) >= 11 is 0. The Balaban J connectivity index is 2.04. The molecule has 84 valence electrons. The summed E-state index contributed by atoms with van der Waals surface area (Å²) in [6, 6.07) is 6.43. The predicted octanol–water partition coefficient (Wildman–Crippen LogP) is 2.81. The molecule has 2 unspecified atom stereocenters. The third-order valence-corrected chi connectivity index (χ3v) is 3.36. The normalized spacial score (nSPS) is 25.4. The molecule has 0 saturated carbocycles. The minimum absolute atomic E-state index is 0.285. The minimum Gasteiger partial charge on any atom is -0.439 e. The Morgan fingerprint density at radius 3 is 3.06 bits per heavy atom. The zero-order chi connectivity index (χ0) is 11.1. The topological polar surface area (TPSA) is 38.1 Å². The van der Waals surface area contributed by atoms with Crippen LogP contribution in [-0.4, -0.2) is 11.5 Å². The van der Waals surface area contributed by atoms with Gasteiger partial charge in [0.2, 0.25) is 5.89 Å². The van der Waals surface area contributed by atoms with Crippen LogP contribution in [0.4, 0.5) is 0 Å². The van der Waals surface area contributed by atoms with Gasteiger partial charge in [-0.05, 0) is 43.5 Å². The molecule has 1 aliphatic heterocycles. The Bertz CT molecular complexity index is 518. The van der Waals surface area contributed by atoms with Crippen LogP contribution in [0.5, 0.6) is 0 Å².